The molecule has 0 saturated heterocycles. The van der Waals surface area contributed by atoms with Crippen LogP contribution in [0.2, 0.25) is 0 Å². The number of oxime groups is 1. The molecule has 98 valence electrons. The zero-order valence-electron chi connectivity index (χ0n) is 10.3. The third kappa shape index (κ3) is 3.52. The van der Waals surface area contributed by atoms with Gasteiger partial charge in [0.15, 0.2) is 5.84 Å². The molecule has 0 bridgehead atoms. The summed E-state index contributed by atoms with van der Waals surface area (Å²) < 4.78 is 1.07. The molecule has 3 nitrogen and oxygen atoms in total. The highest BCUT2D eigenvalue weighted by molar-refractivity contribution is 9.10. The van der Waals surface area contributed by atoms with Crippen molar-refractivity contribution < 1.29 is 5.21 Å². The number of halogens is 1. The summed E-state index contributed by atoms with van der Waals surface area (Å²) in [5.41, 5.74) is 7.34. The predicted octanol–water partition coefficient (Wildman–Crippen LogP) is 4.00. The molecular weight excluding hydrogens is 324 g/mol. The SMILES string of the molecule is Cc1cc(Sc2ccc(Br)cc2)ccc1/C(N)=N/O. The van der Waals surface area contributed by atoms with E-state index in [2.05, 4.69) is 33.2 Å². The topological polar surface area (TPSA) is 58.6 Å². The average molecular weight is 337 g/mol. The molecule has 19 heavy (non-hydrogen) atoms. The van der Waals surface area contributed by atoms with E-state index in [9.17, 15) is 0 Å². The van der Waals surface area contributed by atoms with Gasteiger partial charge in [-0.25, -0.2) is 0 Å². The number of rotatable bonds is 3. The number of hydrogen-bond acceptors (Lipinski definition) is 3. The third-order valence-corrected chi connectivity index (χ3v) is 4.16. The van der Waals surface area contributed by atoms with Gasteiger partial charge in [0.2, 0.25) is 0 Å². The van der Waals surface area contributed by atoms with E-state index in [-0.39, 0.29) is 5.84 Å². The van der Waals surface area contributed by atoms with Gasteiger partial charge in [0.05, 0.1) is 0 Å². The van der Waals surface area contributed by atoms with E-state index in [1.54, 1.807) is 11.8 Å². The minimum atomic E-state index is 0.137. The number of hydrogen-bond donors (Lipinski definition) is 2. The second-order valence-electron chi connectivity index (χ2n) is 4.02. The van der Waals surface area contributed by atoms with Crippen molar-refractivity contribution in [2.75, 3.05) is 0 Å². The van der Waals surface area contributed by atoms with Crippen LogP contribution in [0.1, 0.15) is 11.1 Å². The van der Waals surface area contributed by atoms with E-state index in [4.69, 9.17) is 10.9 Å². The van der Waals surface area contributed by atoms with Gasteiger partial charge in [0.25, 0.3) is 0 Å². The second kappa shape index (κ2) is 6.12. The number of amidine groups is 1. The summed E-state index contributed by atoms with van der Waals surface area (Å²) >= 11 is 5.09. The summed E-state index contributed by atoms with van der Waals surface area (Å²) in [5.74, 6) is 0.137. The maximum absolute atomic E-state index is 8.70. The number of aryl methyl sites for hydroxylation is 1. The first-order chi connectivity index (χ1) is 9.10. The minimum absolute atomic E-state index is 0.137. The summed E-state index contributed by atoms with van der Waals surface area (Å²) in [6, 6.07) is 14.0. The molecule has 0 unspecified atom stereocenters. The van der Waals surface area contributed by atoms with Crippen LogP contribution in [0.25, 0.3) is 0 Å². The van der Waals surface area contributed by atoms with Crippen molar-refractivity contribution in [3.63, 3.8) is 0 Å². The monoisotopic (exact) mass is 336 g/mol. The first-order valence-electron chi connectivity index (χ1n) is 5.62. The third-order valence-electron chi connectivity index (χ3n) is 2.63. The molecule has 0 atom stereocenters. The fourth-order valence-corrected chi connectivity index (χ4v) is 2.86. The highest BCUT2D eigenvalue weighted by Crippen LogP contribution is 2.29. The lowest BCUT2D eigenvalue weighted by molar-refractivity contribution is 0.318. The van der Waals surface area contributed by atoms with Crippen molar-refractivity contribution >= 4 is 33.5 Å². The molecule has 0 aliphatic carbocycles. The molecule has 0 aliphatic rings. The molecule has 0 spiro atoms. The van der Waals surface area contributed by atoms with Crippen LogP contribution >= 0.6 is 27.7 Å². The van der Waals surface area contributed by atoms with Crippen LogP contribution in [0.3, 0.4) is 0 Å². The molecule has 0 amide bonds. The Morgan fingerprint density at radius 3 is 2.37 bits per heavy atom. The lowest BCUT2D eigenvalue weighted by Gasteiger charge is -2.07. The van der Waals surface area contributed by atoms with Gasteiger partial charge in [-0.2, -0.15) is 0 Å². The van der Waals surface area contributed by atoms with E-state index in [1.807, 2.05) is 37.3 Å². The fraction of sp³-hybridized carbons (Fsp3) is 0.0714. The first-order valence-corrected chi connectivity index (χ1v) is 7.23. The molecular formula is C14H13BrN2OS. The normalized spacial score (nSPS) is 11.6. The first kappa shape index (κ1) is 14.0. The van der Waals surface area contributed by atoms with Gasteiger partial charge in [-0.15, -0.1) is 0 Å². The van der Waals surface area contributed by atoms with Gasteiger partial charge in [-0.1, -0.05) is 32.8 Å². The number of benzene rings is 2. The van der Waals surface area contributed by atoms with Crippen LogP contribution in [-0.4, -0.2) is 11.0 Å². The average Bonchev–Trinajstić information content (AvgIpc) is 2.41. The van der Waals surface area contributed by atoms with Crippen molar-refractivity contribution in [1.82, 2.24) is 0 Å². The van der Waals surface area contributed by atoms with Crippen LogP contribution in [0.5, 0.6) is 0 Å². The number of nitrogens with zero attached hydrogens (tertiary/aromatic N) is 1. The lowest BCUT2D eigenvalue weighted by Crippen LogP contribution is -2.14. The Labute approximate surface area is 124 Å². The fourth-order valence-electron chi connectivity index (χ4n) is 1.68. The Bertz CT molecular complexity index is 611. The molecule has 2 rings (SSSR count). The molecule has 0 heterocycles. The highest BCUT2D eigenvalue weighted by Gasteiger charge is 2.05. The van der Waals surface area contributed by atoms with Gasteiger partial charge < -0.3 is 10.9 Å². The summed E-state index contributed by atoms with van der Waals surface area (Å²) in [6.45, 7) is 1.94. The van der Waals surface area contributed by atoms with Crippen molar-refractivity contribution in [2.24, 2.45) is 10.9 Å². The predicted molar refractivity (Wildman–Crippen MR) is 82.0 cm³/mol. The maximum atomic E-state index is 8.70. The van der Waals surface area contributed by atoms with Gasteiger partial charge in [-0.3, -0.25) is 0 Å². The molecule has 0 aliphatic heterocycles. The van der Waals surface area contributed by atoms with Crippen molar-refractivity contribution in [3.8, 4) is 0 Å². The zero-order valence-corrected chi connectivity index (χ0v) is 12.7. The van der Waals surface area contributed by atoms with Crippen molar-refractivity contribution in [3.05, 3.63) is 58.1 Å². The minimum Gasteiger partial charge on any atom is -0.409 e. The Kier molecular flexibility index (Phi) is 4.50. The van der Waals surface area contributed by atoms with Crippen LogP contribution in [-0.2, 0) is 0 Å². The summed E-state index contributed by atoms with van der Waals surface area (Å²) in [6.07, 6.45) is 0. The molecule has 3 N–H and O–H groups in total. The smallest absolute Gasteiger partial charge is 0.170 e. The van der Waals surface area contributed by atoms with Gasteiger partial charge in [0.1, 0.15) is 0 Å². The number of nitrogens with two attached hydrogens (primary N) is 1. The van der Waals surface area contributed by atoms with Crippen LogP contribution in [0.15, 0.2) is 61.9 Å². The van der Waals surface area contributed by atoms with E-state index < -0.39 is 0 Å². The van der Waals surface area contributed by atoms with Crippen LogP contribution in [0.4, 0.5) is 0 Å². The van der Waals surface area contributed by atoms with E-state index in [0.717, 1.165) is 20.5 Å². The highest BCUT2D eigenvalue weighted by atomic mass is 79.9. The molecule has 0 aromatic heterocycles. The van der Waals surface area contributed by atoms with E-state index in [1.165, 1.54) is 4.90 Å². The van der Waals surface area contributed by atoms with Gasteiger partial charge >= 0.3 is 0 Å². The van der Waals surface area contributed by atoms with Gasteiger partial charge in [0, 0.05) is 19.8 Å². The van der Waals surface area contributed by atoms with E-state index >= 15 is 0 Å². The molecule has 0 fully saturated rings. The standard InChI is InChI=1S/C14H13BrN2OS/c1-9-8-12(6-7-13(9)14(16)17-18)19-11-4-2-10(15)3-5-11/h2-8,18H,1H3,(H2,16,17). The summed E-state index contributed by atoms with van der Waals surface area (Å²) in [7, 11) is 0. The molecule has 2 aromatic carbocycles. The Balaban J connectivity index is 2.23. The molecule has 2 aromatic rings. The second-order valence-corrected chi connectivity index (χ2v) is 6.08. The van der Waals surface area contributed by atoms with Crippen LogP contribution in [0, 0.1) is 6.92 Å². The van der Waals surface area contributed by atoms with Gasteiger partial charge in [-0.05, 0) is 55.0 Å². The van der Waals surface area contributed by atoms with Crippen molar-refractivity contribution in [2.45, 2.75) is 16.7 Å². The molecule has 5 heteroatoms. The maximum Gasteiger partial charge on any atom is 0.170 e. The van der Waals surface area contributed by atoms with Crippen molar-refractivity contribution in [1.29, 1.82) is 0 Å². The molecule has 0 radical (unpaired) electrons. The molecule has 0 saturated carbocycles. The quantitative estimate of drug-likeness (QED) is 0.385. The summed E-state index contributed by atoms with van der Waals surface area (Å²) in [4.78, 5) is 2.29. The largest absolute Gasteiger partial charge is 0.409 e. The lowest BCUT2D eigenvalue weighted by atomic mass is 10.1. The zero-order chi connectivity index (χ0) is 13.8. The van der Waals surface area contributed by atoms with Crippen LogP contribution < -0.4 is 5.73 Å². The summed E-state index contributed by atoms with van der Waals surface area (Å²) in [5, 5.41) is 11.7. The Morgan fingerprint density at radius 1 is 1.16 bits per heavy atom. The Hall–Kier alpha value is -1.46. The Morgan fingerprint density at radius 2 is 1.79 bits per heavy atom. The van der Waals surface area contributed by atoms with E-state index in [0.29, 0.717) is 0 Å².